The van der Waals surface area contributed by atoms with Crippen LogP contribution in [0.15, 0.2) is 28.9 Å². The SMILES string of the molecule is COC1=NCCC(NCCNC(=O)/C=C/C(C)(F)F)=C1. The maximum absolute atomic E-state index is 12.5. The van der Waals surface area contributed by atoms with Gasteiger partial charge in [-0.2, -0.15) is 0 Å². The Bertz CT molecular complexity index is 426. The zero-order valence-electron chi connectivity index (χ0n) is 11.6. The number of rotatable bonds is 6. The Labute approximate surface area is 116 Å². The quantitative estimate of drug-likeness (QED) is 0.570. The number of carbonyl (C=O) groups excluding carboxylic acids is 1. The molecule has 0 atom stereocenters. The summed E-state index contributed by atoms with van der Waals surface area (Å²) in [6.45, 7) is 2.23. The lowest BCUT2D eigenvalue weighted by atomic mass is 10.2. The van der Waals surface area contributed by atoms with Crippen LogP contribution in [-0.2, 0) is 9.53 Å². The molecule has 0 saturated heterocycles. The Morgan fingerprint density at radius 1 is 1.55 bits per heavy atom. The Kier molecular flexibility index (Phi) is 6.14. The molecule has 0 unspecified atom stereocenters. The first-order valence-electron chi connectivity index (χ1n) is 6.28. The van der Waals surface area contributed by atoms with Gasteiger partial charge in [-0.15, -0.1) is 0 Å². The second kappa shape index (κ2) is 7.62. The smallest absolute Gasteiger partial charge is 0.264 e. The molecule has 1 aliphatic heterocycles. The van der Waals surface area contributed by atoms with E-state index in [0.29, 0.717) is 31.6 Å². The maximum atomic E-state index is 12.5. The van der Waals surface area contributed by atoms with Gasteiger partial charge in [0.15, 0.2) is 0 Å². The van der Waals surface area contributed by atoms with Gasteiger partial charge in [0.25, 0.3) is 5.92 Å². The highest BCUT2D eigenvalue weighted by Gasteiger charge is 2.15. The number of hydrogen-bond acceptors (Lipinski definition) is 4. The van der Waals surface area contributed by atoms with Crippen LogP contribution in [0.1, 0.15) is 13.3 Å². The Morgan fingerprint density at radius 2 is 2.30 bits per heavy atom. The van der Waals surface area contributed by atoms with E-state index in [-0.39, 0.29) is 0 Å². The van der Waals surface area contributed by atoms with Crippen molar-refractivity contribution in [2.24, 2.45) is 4.99 Å². The summed E-state index contributed by atoms with van der Waals surface area (Å²) in [7, 11) is 1.55. The van der Waals surface area contributed by atoms with Gasteiger partial charge in [-0.25, -0.2) is 8.78 Å². The number of nitrogens with one attached hydrogen (secondary N) is 2. The molecule has 1 amide bonds. The van der Waals surface area contributed by atoms with Gasteiger partial charge in [-0.05, 0) is 6.08 Å². The molecule has 20 heavy (non-hydrogen) atoms. The first-order chi connectivity index (χ1) is 9.40. The lowest BCUT2D eigenvalue weighted by Crippen LogP contribution is -2.31. The van der Waals surface area contributed by atoms with E-state index in [1.165, 1.54) is 0 Å². The number of carbonyl (C=O) groups is 1. The van der Waals surface area contributed by atoms with Crippen LogP contribution in [0.5, 0.6) is 0 Å². The molecule has 0 saturated carbocycles. The van der Waals surface area contributed by atoms with Crippen molar-refractivity contribution < 1.29 is 18.3 Å². The van der Waals surface area contributed by atoms with Crippen molar-refractivity contribution in [3.8, 4) is 0 Å². The van der Waals surface area contributed by atoms with E-state index in [0.717, 1.165) is 25.1 Å². The number of amides is 1. The number of allylic oxidation sites excluding steroid dienone is 1. The number of dihydropyridines is 1. The molecule has 2 N–H and O–H groups in total. The number of halogens is 2. The van der Waals surface area contributed by atoms with Gasteiger partial charge in [-0.3, -0.25) is 9.79 Å². The third kappa shape index (κ3) is 6.86. The third-order valence-corrected chi connectivity index (χ3v) is 2.46. The molecule has 7 heteroatoms. The average molecular weight is 287 g/mol. The monoisotopic (exact) mass is 287 g/mol. The molecule has 0 fully saturated rings. The number of hydrogen-bond donors (Lipinski definition) is 2. The van der Waals surface area contributed by atoms with Crippen molar-refractivity contribution >= 4 is 11.8 Å². The number of alkyl halides is 2. The van der Waals surface area contributed by atoms with Crippen LogP contribution < -0.4 is 10.6 Å². The van der Waals surface area contributed by atoms with E-state index in [2.05, 4.69) is 15.6 Å². The number of nitrogens with zero attached hydrogens (tertiary/aromatic N) is 1. The molecule has 5 nitrogen and oxygen atoms in total. The van der Waals surface area contributed by atoms with E-state index >= 15 is 0 Å². The number of methoxy groups -OCH3 is 1. The fraction of sp³-hybridized carbons (Fsp3) is 0.538. The summed E-state index contributed by atoms with van der Waals surface area (Å²) in [6.07, 6.45) is 3.99. The molecular formula is C13H19F2N3O2. The first-order valence-corrected chi connectivity index (χ1v) is 6.28. The van der Waals surface area contributed by atoms with Gasteiger partial charge in [0.1, 0.15) is 0 Å². The zero-order chi connectivity index (χ0) is 15.0. The van der Waals surface area contributed by atoms with Crippen LogP contribution in [0.4, 0.5) is 8.78 Å². The normalized spacial score (nSPS) is 15.6. The zero-order valence-corrected chi connectivity index (χ0v) is 11.6. The van der Waals surface area contributed by atoms with Crippen LogP contribution in [-0.4, -0.2) is 44.5 Å². The standard InChI is InChI=1S/C13H19F2N3O2/c1-13(14,15)5-3-11(19)17-8-7-16-10-4-6-18-12(9-10)20-2/h3,5,9,16H,4,6-8H2,1-2H3,(H,17,19)/b5-3+. The molecule has 0 aromatic heterocycles. The van der Waals surface area contributed by atoms with Crippen molar-refractivity contribution in [2.75, 3.05) is 26.7 Å². The molecule has 1 heterocycles. The predicted octanol–water partition coefficient (Wildman–Crippen LogP) is 1.24. The van der Waals surface area contributed by atoms with E-state index in [1.807, 2.05) is 0 Å². The topological polar surface area (TPSA) is 62.7 Å². The minimum atomic E-state index is -2.97. The van der Waals surface area contributed by atoms with E-state index in [9.17, 15) is 13.6 Å². The van der Waals surface area contributed by atoms with Crippen molar-refractivity contribution in [3.05, 3.63) is 23.9 Å². The second-order valence-corrected chi connectivity index (χ2v) is 4.35. The third-order valence-electron chi connectivity index (χ3n) is 2.46. The van der Waals surface area contributed by atoms with Crippen LogP contribution in [0.2, 0.25) is 0 Å². The lowest BCUT2D eigenvalue weighted by Gasteiger charge is -2.14. The van der Waals surface area contributed by atoms with Gasteiger partial charge in [-0.1, -0.05) is 0 Å². The first kappa shape index (κ1) is 16.1. The van der Waals surface area contributed by atoms with Gasteiger partial charge in [0, 0.05) is 50.8 Å². The molecule has 0 aromatic rings. The summed E-state index contributed by atoms with van der Waals surface area (Å²) < 4.78 is 30.0. The van der Waals surface area contributed by atoms with Crippen molar-refractivity contribution in [1.29, 1.82) is 0 Å². The lowest BCUT2D eigenvalue weighted by molar-refractivity contribution is -0.116. The summed E-state index contributed by atoms with van der Waals surface area (Å²) >= 11 is 0. The average Bonchev–Trinajstić information content (AvgIpc) is 2.41. The summed E-state index contributed by atoms with van der Waals surface area (Å²) in [5.41, 5.74) is 0.974. The highest BCUT2D eigenvalue weighted by atomic mass is 19.3. The molecule has 112 valence electrons. The van der Waals surface area contributed by atoms with Gasteiger partial charge >= 0.3 is 0 Å². The van der Waals surface area contributed by atoms with Crippen LogP contribution in [0, 0.1) is 0 Å². The molecule has 0 aliphatic carbocycles. The number of ether oxygens (including phenoxy) is 1. The van der Waals surface area contributed by atoms with Crippen molar-refractivity contribution in [3.63, 3.8) is 0 Å². The van der Waals surface area contributed by atoms with Crippen LogP contribution in [0.3, 0.4) is 0 Å². The largest absolute Gasteiger partial charge is 0.481 e. The Morgan fingerprint density at radius 3 is 2.95 bits per heavy atom. The Hall–Kier alpha value is -1.92. The molecule has 1 rings (SSSR count). The summed E-state index contributed by atoms with van der Waals surface area (Å²) in [5, 5.41) is 5.64. The fourth-order valence-electron chi connectivity index (χ4n) is 1.51. The van der Waals surface area contributed by atoms with Crippen molar-refractivity contribution in [1.82, 2.24) is 10.6 Å². The predicted molar refractivity (Wildman–Crippen MR) is 72.8 cm³/mol. The number of aliphatic imine (C=N–C) groups is 1. The summed E-state index contributed by atoms with van der Waals surface area (Å²) in [6, 6.07) is 0. The molecule has 1 aliphatic rings. The maximum Gasteiger partial charge on any atom is 0.264 e. The second-order valence-electron chi connectivity index (χ2n) is 4.35. The van der Waals surface area contributed by atoms with Gasteiger partial charge in [0.2, 0.25) is 11.8 Å². The molecule has 0 bridgehead atoms. The molecule has 0 spiro atoms. The minimum Gasteiger partial charge on any atom is -0.481 e. The van der Waals surface area contributed by atoms with E-state index in [1.54, 1.807) is 13.2 Å². The molecule has 0 aromatic carbocycles. The van der Waals surface area contributed by atoms with Crippen LogP contribution in [0.25, 0.3) is 0 Å². The Balaban J connectivity index is 2.22. The fourth-order valence-corrected chi connectivity index (χ4v) is 1.51. The summed E-state index contributed by atoms with van der Waals surface area (Å²) in [4.78, 5) is 15.4. The highest BCUT2D eigenvalue weighted by Crippen LogP contribution is 2.12. The van der Waals surface area contributed by atoms with E-state index in [4.69, 9.17) is 4.74 Å². The van der Waals surface area contributed by atoms with Gasteiger partial charge in [0.05, 0.1) is 7.11 Å². The van der Waals surface area contributed by atoms with Crippen LogP contribution >= 0.6 is 0 Å². The highest BCUT2D eigenvalue weighted by molar-refractivity contribution is 5.89. The molecular weight excluding hydrogens is 268 g/mol. The summed E-state index contributed by atoms with van der Waals surface area (Å²) in [5.74, 6) is -2.95. The minimum absolute atomic E-state index is 0.343. The van der Waals surface area contributed by atoms with Gasteiger partial charge < -0.3 is 15.4 Å². The molecule has 0 radical (unpaired) electrons. The van der Waals surface area contributed by atoms with E-state index < -0.39 is 11.8 Å². The van der Waals surface area contributed by atoms with Crippen molar-refractivity contribution in [2.45, 2.75) is 19.3 Å².